The predicted octanol–water partition coefficient (Wildman–Crippen LogP) is 3.67. The molecule has 1 amide bonds. The first kappa shape index (κ1) is 19.7. The number of carbonyl (C=O) groups excluding carboxylic acids is 1. The number of hydrogen-bond acceptors (Lipinski definition) is 6. The van der Waals surface area contributed by atoms with Crippen molar-refractivity contribution in [3.63, 3.8) is 0 Å². The summed E-state index contributed by atoms with van der Waals surface area (Å²) in [5, 5.41) is 17.5. The van der Waals surface area contributed by atoms with Crippen LogP contribution in [0.2, 0.25) is 0 Å². The van der Waals surface area contributed by atoms with E-state index in [-0.39, 0.29) is 17.7 Å². The van der Waals surface area contributed by atoms with E-state index in [1.165, 1.54) is 0 Å². The van der Waals surface area contributed by atoms with E-state index in [2.05, 4.69) is 11.1 Å². The molecule has 1 fully saturated rings. The number of likely N-dealkylation sites (tertiary alicyclic amines) is 1. The Morgan fingerprint density at radius 1 is 1.23 bits per heavy atom. The second-order valence-electron chi connectivity index (χ2n) is 8.29. The minimum absolute atomic E-state index is 0.0114. The number of hydrogen-bond donors (Lipinski definition) is 1. The number of fused-ring (bicyclic) bond motifs is 4. The van der Waals surface area contributed by atoms with Crippen LogP contribution in [0.25, 0.3) is 0 Å². The van der Waals surface area contributed by atoms with E-state index in [1.54, 1.807) is 13.0 Å². The zero-order valence-corrected chi connectivity index (χ0v) is 17.9. The highest BCUT2D eigenvalue weighted by Crippen LogP contribution is 2.53. The molecule has 7 nitrogen and oxygen atoms in total. The van der Waals surface area contributed by atoms with E-state index in [4.69, 9.17) is 14.6 Å². The maximum atomic E-state index is 11.9. The number of carbonyl (C=O) groups is 1. The summed E-state index contributed by atoms with van der Waals surface area (Å²) < 4.78 is 12.6. The van der Waals surface area contributed by atoms with Crippen molar-refractivity contribution < 1.29 is 19.4 Å². The first-order chi connectivity index (χ1) is 15.0. The van der Waals surface area contributed by atoms with Crippen LogP contribution in [-0.4, -0.2) is 52.1 Å². The molecule has 0 saturated carbocycles. The number of piperidine rings is 1. The number of rotatable bonds is 3. The summed E-state index contributed by atoms with van der Waals surface area (Å²) in [7, 11) is 0. The molecular weight excluding hydrogens is 394 g/mol. The summed E-state index contributed by atoms with van der Waals surface area (Å²) in [4.78, 5) is 13.8. The summed E-state index contributed by atoms with van der Waals surface area (Å²) in [5.41, 5.74) is 1.98. The zero-order chi connectivity index (χ0) is 21.6. The van der Waals surface area contributed by atoms with E-state index in [9.17, 15) is 9.90 Å². The molecule has 0 aromatic heterocycles. The van der Waals surface area contributed by atoms with E-state index < -0.39 is 5.72 Å². The van der Waals surface area contributed by atoms with Crippen molar-refractivity contribution in [3.8, 4) is 17.2 Å². The van der Waals surface area contributed by atoms with Crippen LogP contribution in [-0.2, 0) is 4.79 Å². The molecule has 1 N–H and O–H groups in total. The Labute approximate surface area is 181 Å². The summed E-state index contributed by atoms with van der Waals surface area (Å²) >= 11 is 0. The SMILES string of the molecule is CCOc1cccc2c1OC1(CCN(C(C)=O)CC1)N1N=C(c3ccccc3O)CC21. The second-order valence-corrected chi connectivity index (χ2v) is 8.29. The maximum Gasteiger partial charge on any atom is 0.219 e. The molecule has 31 heavy (non-hydrogen) atoms. The molecule has 7 heteroatoms. The summed E-state index contributed by atoms with van der Waals surface area (Å²) in [6.07, 6.45) is 1.97. The van der Waals surface area contributed by atoms with Crippen molar-refractivity contribution in [2.45, 2.75) is 44.9 Å². The normalized spacial score (nSPS) is 21.2. The quantitative estimate of drug-likeness (QED) is 0.819. The molecule has 5 rings (SSSR count). The Balaban J connectivity index is 1.58. The maximum absolute atomic E-state index is 11.9. The molecule has 0 aliphatic carbocycles. The van der Waals surface area contributed by atoms with Gasteiger partial charge in [-0.15, -0.1) is 0 Å². The van der Waals surface area contributed by atoms with Crippen LogP contribution in [0.3, 0.4) is 0 Å². The molecule has 162 valence electrons. The number of benzene rings is 2. The predicted molar refractivity (Wildman–Crippen MR) is 116 cm³/mol. The smallest absolute Gasteiger partial charge is 0.219 e. The van der Waals surface area contributed by atoms with Gasteiger partial charge in [0.15, 0.2) is 11.5 Å². The van der Waals surface area contributed by atoms with Crippen molar-refractivity contribution in [1.29, 1.82) is 0 Å². The van der Waals surface area contributed by atoms with Gasteiger partial charge in [-0.2, -0.15) is 5.10 Å². The van der Waals surface area contributed by atoms with Crippen LogP contribution < -0.4 is 9.47 Å². The fourth-order valence-corrected chi connectivity index (χ4v) is 4.92. The number of phenolic OH excluding ortho intramolecular Hbond substituents is 1. The Bertz CT molecular complexity index is 1040. The van der Waals surface area contributed by atoms with Crippen LogP contribution in [0, 0.1) is 0 Å². The lowest BCUT2D eigenvalue weighted by atomic mass is 9.90. The topological polar surface area (TPSA) is 74.6 Å². The lowest BCUT2D eigenvalue weighted by Crippen LogP contribution is -2.59. The highest BCUT2D eigenvalue weighted by molar-refractivity contribution is 6.04. The van der Waals surface area contributed by atoms with Crippen molar-refractivity contribution >= 4 is 11.6 Å². The minimum atomic E-state index is -0.650. The second kappa shape index (κ2) is 7.48. The van der Waals surface area contributed by atoms with Crippen LogP contribution in [0.15, 0.2) is 47.6 Å². The third-order valence-corrected chi connectivity index (χ3v) is 6.49. The van der Waals surface area contributed by atoms with Crippen molar-refractivity contribution in [2.75, 3.05) is 19.7 Å². The lowest BCUT2D eigenvalue weighted by Gasteiger charge is -2.51. The standard InChI is InChI=1S/C24H27N3O4/c1-3-30-22-10-6-8-18-20-15-19(17-7-4-5-9-21(17)29)25-27(20)24(31-23(18)22)11-13-26(14-12-24)16(2)28/h4-10,20,29H,3,11-15H2,1-2H3. The first-order valence-electron chi connectivity index (χ1n) is 10.9. The number of para-hydroxylation sites is 2. The molecule has 0 bridgehead atoms. The molecular formula is C24H27N3O4. The third kappa shape index (κ3) is 3.19. The molecule has 3 aliphatic rings. The Kier molecular flexibility index (Phi) is 4.76. The summed E-state index contributed by atoms with van der Waals surface area (Å²) in [5.74, 6) is 1.82. The average molecular weight is 421 g/mol. The van der Waals surface area contributed by atoms with Gasteiger partial charge in [-0.3, -0.25) is 4.79 Å². The number of phenols is 1. The fourth-order valence-electron chi connectivity index (χ4n) is 4.92. The average Bonchev–Trinajstić information content (AvgIpc) is 3.22. The van der Waals surface area contributed by atoms with Crippen molar-refractivity contribution in [1.82, 2.24) is 9.91 Å². The van der Waals surface area contributed by atoms with Gasteiger partial charge in [0.2, 0.25) is 11.6 Å². The number of hydrazone groups is 1. The number of aromatic hydroxyl groups is 1. The summed E-state index contributed by atoms with van der Waals surface area (Å²) in [6.45, 7) is 5.36. The number of nitrogens with zero attached hydrogens (tertiary/aromatic N) is 3. The van der Waals surface area contributed by atoms with Gasteiger partial charge in [0.1, 0.15) is 5.75 Å². The minimum Gasteiger partial charge on any atom is -0.507 e. The van der Waals surface area contributed by atoms with E-state index in [1.807, 2.05) is 42.2 Å². The monoisotopic (exact) mass is 421 g/mol. The van der Waals surface area contributed by atoms with E-state index in [0.717, 1.165) is 28.3 Å². The number of amides is 1. The molecule has 1 saturated heterocycles. The number of ether oxygens (including phenoxy) is 2. The van der Waals surface area contributed by atoms with Crippen molar-refractivity contribution in [2.24, 2.45) is 5.10 Å². The van der Waals surface area contributed by atoms with Gasteiger partial charge in [0.05, 0.1) is 18.4 Å². The van der Waals surface area contributed by atoms with Crippen LogP contribution in [0.1, 0.15) is 50.3 Å². The van der Waals surface area contributed by atoms with E-state index in [0.29, 0.717) is 39.0 Å². The zero-order valence-electron chi connectivity index (χ0n) is 17.9. The van der Waals surface area contributed by atoms with Crippen LogP contribution in [0.5, 0.6) is 17.2 Å². The highest BCUT2D eigenvalue weighted by Gasteiger charge is 2.53. The van der Waals surface area contributed by atoms with Gasteiger partial charge in [-0.1, -0.05) is 24.3 Å². The third-order valence-electron chi connectivity index (χ3n) is 6.49. The van der Waals surface area contributed by atoms with Gasteiger partial charge in [0.25, 0.3) is 0 Å². The van der Waals surface area contributed by atoms with Crippen LogP contribution in [0.4, 0.5) is 0 Å². The molecule has 1 atom stereocenters. The van der Waals surface area contributed by atoms with Gasteiger partial charge in [0, 0.05) is 50.4 Å². The van der Waals surface area contributed by atoms with Gasteiger partial charge < -0.3 is 19.5 Å². The van der Waals surface area contributed by atoms with Crippen LogP contribution >= 0.6 is 0 Å². The molecule has 3 aliphatic heterocycles. The lowest BCUT2D eigenvalue weighted by molar-refractivity contribution is -0.159. The van der Waals surface area contributed by atoms with Gasteiger partial charge in [-0.05, 0) is 25.1 Å². The molecule has 1 unspecified atom stereocenters. The molecule has 0 radical (unpaired) electrons. The first-order valence-corrected chi connectivity index (χ1v) is 10.9. The Hall–Kier alpha value is -3.22. The van der Waals surface area contributed by atoms with Gasteiger partial charge in [-0.25, -0.2) is 5.01 Å². The molecule has 2 aromatic carbocycles. The Morgan fingerprint density at radius 3 is 2.71 bits per heavy atom. The molecule has 3 heterocycles. The van der Waals surface area contributed by atoms with Crippen molar-refractivity contribution in [3.05, 3.63) is 53.6 Å². The molecule has 1 spiro atoms. The summed E-state index contributed by atoms with van der Waals surface area (Å²) in [6, 6.07) is 13.3. The highest BCUT2D eigenvalue weighted by atomic mass is 16.6. The van der Waals surface area contributed by atoms with E-state index >= 15 is 0 Å². The molecule has 2 aromatic rings. The fraction of sp³-hybridized carbons (Fsp3) is 0.417. The largest absolute Gasteiger partial charge is 0.507 e. The van der Waals surface area contributed by atoms with Gasteiger partial charge >= 0.3 is 0 Å². The Morgan fingerprint density at radius 2 is 2.00 bits per heavy atom.